The third-order valence-corrected chi connectivity index (χ3v) is 11.7. The van der Waals surface area contributed by atoms with Gasteiger partial charge in [-0.15, -0.1) is 0 Å². The SMILES string of the molecule is CC/C=C\C/C=C\C/C=C\C/C=C\C/C=C\CCCC(=O)OCC(COC1OC(C(=O)O)C(O)C(O)C1OC(=O)CCCCCCC/C=C\C/C=C\C/C=C\CC)OC(=O)CCCCCCCCCCC. The number of aliphatic carboxylic acids is 1. The molecule has 1 rings (SSSR count). The van der Waals surface area contributed by atoms with Crippen molar-refractivity contribution in [1.29, 1.82) is 0 Å². The molecule has 1 heterocycles. The Bertz CT molecular complexity index is 1610. The number of carbonyl (C=O) groups is 4. The summed E-state index contributed by atoms with van der Waals surface area (Å²) in [6.07, 6.45) is 48.3. The Morgan fingerprint density at radius 1 is 0.479 bits per heavy atom. The van der Waals surface area contributed by atoms with Gasteiger partial charge in [-0.1, -0.05) is 189 Å². The first-order chi connectivity index (χ1) is 34.6. The molecular weight excluding hydrogens is 901 g/mol. The highest BCUT2D eigenvalue weighted by Gasteiger charge is 2.50. The summed E-state index contributed by atoms with van der Waals surface area (Å²) in [5.41, 5.74) is 0. The van der Waals surface area contributed by atoms with Gasteiger partial charge in [0.2, 0.25) is 0 Å². The number of aliphatic hydroxyl groups is 2. The molecule has 0 bridgehead atoms. The van der Waals surface area contributed by atoms with Crippen LogP contribution in [0.25, 0.3) is 0 Å². The molecule has 0 saturated carbocycles. The quantitative estimate of drug-likeness (QED) is 0.0228. The second kappa shape index (κ2) is 46.7. The molecule has 71 heavy (non-hydrogen) atoms. The topological polar surface area (TPSA) is 175 Å². The monoisotopic (exact) mass is 995 g/mol. The Labute approximate surface area is 428 Å². The van der Waals surface area contributed by atoms with E-state index in [0.717, 1.165) is 103 Å². The maximum absolute atomic E-state index is 13.0. The molecule has 0 spiro atoms. The van der Waals surface area contributed by atoms with Crippen LogP contribution in [-0.4, -0.2) is 89.2 Å². The maximum Gasteiger partial charge on any atom is 0.335 e. The number of carboxylic acids is 1. The molecule has 0 radical (unpaired) electrons. The molecule has 6 atom stereocenters. The summed E-state index contributed by atoms with van der Waals surface area (Å²) in [6, 6.07) is 0. The zero-order valence-electron chi connectivity index (χ0n) is 43.9. The van der Waals surface area contributed by atoms with Gasteiger partial charge < -0.3 is 39.0 Å². The van der Waals surface area contributed by atoms with Crippen LogP contribution in [0.1, 0.15) is 201 Å². The third kappa shape index (κ3) is 37.1. The molecule has 1 fully saturated rings. The summed E-state index contributed by atoms with van der Waals surface area (Å²) in [4.78, 5) is 50.8. The molecule has 1 aliphatic rings. The van der Waals surface area contributed by atoms with Crippen LogP contribution in [0.15, 0.2) is 97.2 Å². The Morgan fingerprint density at radius 2 is 0.901 bits per heavy atom. The van der Waals surface area contributed by atoms with E-state index in [1.807, 2.05) is 6.08 Å². The van der Waals surface area contributed by atoms with Crippen LogP contribution in [0.2, 0.25) is 0 Å². The second-order valence-electron chi connectivity index (χ2n) is 18.1. The third-order valence-electron chi connectivity index (χ3n) is 11.7. The van der Waals surface area contributed by atoms with E-state index in [4.69, 9.17) is 23.7 Å². The van der Waals surface area contributed by atoms with E-state index in [2.05, 4.69) is 112 Å². The molecule has 0 aliphatic carbocycles. The first kappa shape index (κ1) is 64.7. The van der Waals surface area contributed by atoms with Crippen LogP contribution in [0.5, 0.6) is 0 Å². The van der Waals surface area contributed by atoms with E-state index in [0.29, 0.717) is 25.7 Å². The molecule has 3 N–H and O–H groups in total. The van der Waals surface area contributed by atoms with Crippen molar-refractivity contribution in [2.45, 2.75) is 237 Å². The Balaban J connectivity index is 2.74. The van der Waals surface area contributed by atoms with E-state index < -0.39 is 67.3 Å². The van der Waals surface area contributed by atoms with Crippen LogP contribution in [0.4, 0.5) is 0 Å². The predicted octanol–water partition coefficient (Wildman–Crippen LogP) is 13.3. The van der Waals surface area contributed by atoms with Crippen LogP contribution >= 0.6 is 0 Å². The summed E-state index contributed by atoms with van der Waals surface area (Å²) in [5.74, 6) is -3.23. The Kier molecular flexibility index (Phi) is 42.5. The molecule has 0 aromatic rings. The van der Waals surface area contributed by atoms with Crippen LogP contribution < -0.4 is 0 Å². The lowest BCUT2D eigenvalue weighted by atomic mass is 9.98. The van der Waals surface area contributed by atoms with Crippen molar-refractivity contribution < 1.29 is 58.2 Å². The smallest absolute Gasteiger partial charge is 0.335 e. The summed E-state index contributed by atoms with van der Waals surface area (Å²) in [5, 5.41) is 31.4. The largest absolute Gasteiger partial charge is 0.479 e. The number of unbranched alkanes of at least 4 members (excludes halogenated alkanes) is 14. The Morgan fingerprint density at radius 3 is 1.39 bits per heavy atom. The molecular formula is C59H94O12. The van der Waals surface area contributed by atoms with Crippen LogP contribution in [0.3, 0.4) is 0 Å². The number of allylic oxidation sites excluding steroid dienone is 16. The van der Waals surface area contributed by atoms with Gasteiger partial charge in [0.1, 0.15) is 18.8 Å². The number of carbonyl (C=O) groups excluding carboxylic acids is 3. The molecule has 0 aromatic carbocycles. The van der Waals surface area contributed by atoms with Crippen molar-refractivity contribution in [3.05, 3.63) is 97.2 Å². The zero-order chi connectivity index (χ0) is 51.8. The molecule has 12 heteroatoms. The highest BCUT2D eigenvalue weighted by atomic mass is 16.7. The fourth-order valence-corrected chi connectivity index (χ4v) is 7.53. The fraction of sp³-hybridized carbons (Fsp3) is 0.661. The number of esters is 3. The average Bonchev–Trinajstić information content (AvgIpc) is 3.35. The van der Waals surface area contributed by atoms with Gasteiger partial charge in [-0.3, -0.25) is 14.4 Å². The predicted molar refractivity (Wildman–Crippen MR) is 284 cm³/mol. The number of aliphatic hydroxyl groups excluding tert-OH is 2. The van der Waals surface area contributed by atoms with Gasteiger partial charge in [-0.25, -0.2) is 4.79 Å². The molecule has 0 aromatic heterocycles. The average molecular weight is 995 g/mol. The van der Waals surface area contributed by atoms with Crippen molar-refractivity contribution in [2.24, 2.45) is 0 Å². The zero-order valence-corrected chi connectivity index (χ0v) is 43.9. The first-order valence-corrected chi connectivity index (χ1v) is 27.2. The number of hydrogen-bond acceptors (Lipinski definition) is 11. The minimum Gasteiger partial charge on any atom is -0.479 e. The van der Waals surface area contributed by atoms with Gasteiger partial charge in [-0.05, 0) is 89.9 Å². The minimum absolute atomic E-state index is 0.0319. The summed E-state index contributed by atoms with van der Waals surface area (Å²) in [6.45, 7) is 5.66. The fourth-order valence-electron chi connectivity index (χ4n) is 7.53. The van der Waals surface area contributed by atoms with Crippen molar-refractivity contribution >= 4 is 23.9 Å². The van der Waals surface area contributed by atoms with E-state index in [-0.39, 0.29) is 25.9 Å². The number of hydrogen-bond donors (Lipinski definition) is 3. The Hall–Kier alpha value is -4.36. The van der Waals surface area contributed by atoms with E-state index in [1.54, 1.807) is 0 Å². The normalized spacial score (nSPS) is 19.3. The van der Waals surface area contributed by atoms with Gasteiger partial charge in [0, 0.05) is 19.3 Å². The van der Waals surface area contributed by atoms with Gasteiger partial charge in [0.25, 0.3) is 0 Å². The van der Waals surface area contributed by atoms with Crippen molar-refractivity contribution in [2.75, 3.05) is 13.2 Å². The molecule has 0 amide bonds. The number of carboxylic acid groups (broad SMARTS) is 1. The highest BCUT2D eigenvalue weighted by molar-refractivity contribution is 5.74. The molecule has 6 unspecified atom stereocenters. The second-order valence-corrected chi connectivity index (χ2v) is 18.1. The van der Waals surface area contributed by atoms with Crippen molar-refractivity contribution in [1.82, 2.24) is 0 Å². The van der Waals surface area contributed by atoms with Crippen molar-refractivity contribution in [3.63, 3.8) is 0 Å². The summed E-state index contributed by atoms with van der Waals surface area (Å²) in [7, 11) is 0. The number of rotatable bonds is 44. The first-order valence-electron chi connectivity index (χ1n) is 27.2. The van der Waals surface area contributed by atoms with E-state index in [1.165, 1.54) is 32.1 Å². The van der Waals surface area contributed by atoms with Crippen molar-refractivity contribution in [3.8, 4) is 0 Å². The van der Waals surface area contributed by atoms with Gasteiger partial charge in [0.05, 0.1) is 6.61 Å². The number of ether oxygens (including phenoxy) is 5. The standard InChI is InChI=1S/C59H94O12/c1-4-7-10-13-16-19-21-23-25-26-28-29-31-34-36-39-42-45-51(60)67-48-50(69-52(61)46-43-40-37-33-18-15-12-9-6-3)49-68-59-57(55(64)54(63)56(71-59)58(65)66)70-53(62)47-44-41-38-35-32-30-27-24-22-20-17-14-11-8-5-2/h7-8,10-11,16-17,19-20,23-25,27-29,34,36,50,54-57,59,63-64H,4-6,9,12-15,18,21-22,26,30-33,35,37-49H2,1-3H3,(H,65,66)/b10-7-,11-8-,19-16-,20-17-,25-23-,27-24-,29-28-,36-34-. The summed E-state index contributed by atoms with van der Waals surface area (Å²) >= 11 is 0. The highest BCUT2D eigenvalue weighted by Crippen LogP contribution is 2.26. The van der Waals surface area contributed by atoms with E-state index >= 15 is 0 Å². The summed E-state index contributed by atoms with van der Waals surface area (Å²) < 4.78 is 28.2. The lowest BCUT2D eigenvalue weighted by molar-refractivity contribution is -0.301. The van der Waals surface area contributed by atoms with E-state index in [9.17, 15) is 34.5 Å². The molecule has 402 valence electrons. The maximum atomic E-state index is 13.0. The molecule has 1 aliphatic heterocycles. The molecule has 12 nitrogen and oxygen atoms in total. The van der Waals surface area contributed by atoms with Crippen LogP contribution in [0, 0.1) is 0 Å². The van der Waals surface area contributed by atoms with Crippen LogP contribution in [-0.2, 0) is 42.9 Å². The molecule has 1 saturated heterocycles. The lowest BCUT2D eigenvalue weighted by Gasteiger charge is -2.40. The van der Waals surface area contributed by atoms with Gasteiger partial charge in [-0.2, -0.15) is 0 Å². The minimum atomic E-state index is -1.92. The van der Waals surface area contributed by atoms with Gasteiger partial charge in [0.15, 0.2) is 24.6 Å². The lowest BCUT2D eigenvalue weighted by Crippen LogP contribution is -2.61. The van der Waals surface area contributed by atoms with Gasteiger partial charge >= 0.3 is 23.9 Å².